The van der Waals surface area contributed by atoms with Crippen LogP contribution in [0.3, 0.4) is 0 Å². The monoisotopic (exact) mass is 388 g/mol. The van der Waals surface area contributed by atoms with Crippen molar-refractivity contribution < 1.29 is 8.42 Å². The van der Waals surface area contributed by atoms with Gasteiger partial charge in [-0.15, -0.1) is 12.4 Å². The highest BCUT2D eigenvalue weighted by Crippen LogP contribution is 2.33. The fourth-order valence-electron chi connectivity index (χ4n) is 2.03. The van der Waals surface area contributed by atoms with Crippen molar-refractivity contribution >= 4 is 50.0 Å². The Morgan fingerprint density at radius 2 is 2.16 bits per heavy atom. The van der Waals surface area contributed by atoms with Crippen LogP contribution in [0.4, 0.5) is 0 Å². The summed E-state index contributed by atoms with van der Waals surface area (Å²) in [6.07, 6.45) is 0.813. The van der Waals surface area contributed by atoms with E-state index in [2.05, 4.69) is 15.9 Å². The number of rotatable bonds is 3. The predicted molar refractivity (Wildman–Crippen MR) is 82.3 cm³/mol. The van der Waals surface area contributed by atoms with E-state index in [0.29, 0.717) is 29.1 Å². The minimum absolute atomic E-state index is 0. The predicted octanol–water partition coefficient (Wildman–Crippen LogP) is 2.49. The van der Waals surface area contributed by atoms with Gasteiger partial charge in [-0.1, -0.05) is 17.7 Å². The number of hydrogen-bond donors (Lipinski definition) is 1. The Labute approximate surface area is 132 Å². The first-order chi connectivity index (χ1) is 8.46. The molecule has 0 amide bonds. The van der Waals surface area contributed by atoms with Crippen molar-refractivity contribution in [2.24, 2.45) is 11.7 Å². The zero-order chi connectivity index (χ0) is 13.3. The summed E-state index contributed by atoms with van der Waals surface area (Å²) in [6, 6.07) is 4.84. The summed E-state index contributed by atoms with van der Waals surface area (Å²) in [7, 11) is -3.49. The fraction of sp³-hybridized carbons (Fsp3) is 0.455. The Kier molecular flexibility index (Phi) is 6.10. The van der Waals surface area contributed by atoms with E-state index in [1.165, 1.54) is 4.31 Å². The first kappa shape index (κ1) is 17.2. The van der Waals surface area contributed by atoms with Gasteiger partial charge in [-0.3, -0.25) is 0 Å². The van der Waals surface area contributed by atoms with Crippen LogP contribution in [0.25, 0.3) is 0 Å². The summed E-state index contributed by atoms with van der Waals surface area (Å²) in [4.78, 5) is 0.215. The van der Waals surface area contributed by atoms with Crippen LogP contribution in [0.2, 0.25) is 5.02 Å². The summed E-state index contributed by atoms with van der Waals surface area (Å²) in [5.74, 6) is 0.248. The van der Waals surface area contributed by atoms with E-state index in [4.69, 9.17) is 17.3 Å². The summed E-state index contributed by atoms with van der Waals surface area (Å²) in [5.41, 5.74) is 5.58. The van der Waals surface area contributed by atoms with Crippen LogP contribution in [0.15, 0.2) is 27.6 Å². The molecule has 2 rings (SSSR count). The molecule has 1 aromatic carbocycles. The molecule has 2 N–H and O–H groups in total. The van der Waals surface area contributed by atoms with E-state index in [0.717, 1.165) is 6.42 Å². The molecule has 1 aliphatic rings. The van der Waals surface area contributed by atoms with Crippen molar-refractivity contribution in [3.05, 3.63) is 27.7 Å². The van der Waals surface area contributed by atoms with Gasteiger partial charge in [0.2, 0.25) is 10.0 Å². The molecule has 0 radical (unpaired) electrons. The summed E-state index contributed by atoms with van der Waals surface area (Å²) < 4.78 is 26.8. The molecule has 4 nitrogen and oxygen atoms in total. The Morgan fingerprint density at radius 1 is 1.47 bits per heavy atom. The highest BCUT2D eigenvalue weighted by molar-refractivity contribution is 9.10. The molecule has 1 fully saturated rings. The van der Waals surface area contributed by atoms with Gasteiger partial charge in [0.1, 0.15) is 0 Å². The lowest BCUT2D eigenvalue weighted by Gasteiger charge is -2.17. The maximum absolute atomic E-state index is 12.5. The Bertz CT molecular complexity index is 554. The fourth-order valence-corrected chi connectivity index (χ4v) is 4.76. The van der Waals surface area contributed by atoms with Crippen LogP contribution in [-0.4, -0.2) is 32.4 Å². The molecule has 8 heteroatoms. The number of sulfonamides is 1. The topological polar surface area (TPSA) is 63.4 Å². The van der Waals surface area contributed by atoms with Gasteiger partial charge in [0.05, 0.1) is 14.4 Å². The van der Waals surface area contributed by atoms with Gasteiger partial charge in [-0.05, 0) is 46.9 Å². The maximum Gasteiger partial charge on any atom is 0.244 e. The number of benzene rings is 1. The molecule has 0 spiro atoms. The highest BCUT2D eigenvalue weighted by Gasteiger charge is 2.33. The van der Waals surface area contributed by atoms with Crippen LogP contribution in [0, 0.1) is 5.92 Å². The first-order valence-corrected chi connectivity index (χ1v) is 8.22. The molecule has 0 saturated carbocycles. The number of halogens is 3. The largest absolute Gasteiger partial charge is 0.330 e. The standard InChI is InChI=1S/C11H14BrClN2O2S.ClH/c12-11-9(13)2-1-3-10(11)18(16,17)15-5-4-8(6-14)7-15;/h1-3,8H,4-7,14H2;1H. The average molecular weight is 390 g/mol. The number of nitrogens with two attached hydrogens (primary N) is 1. The Morgan fingerprint density at radius 3 is 2.74 bits per heavy atom. The molecule has 0 aromatic heterocycles. The summed E-state index contributed by atoms with van der Waals surface area (Å²) in [5, 5.41) is 0.394. The summed E-state index contributed by atoms with van der Waals surface area (Å²) in [6.45, 7) is 1.52. The number of nitrogens with zero attached hydrogens (tertiary/aromatic N) is 1. The van der Waals surface area contributed by atoms with Crippen LogP contribution < -0.4 is 5.73 Å². The van der Waals surface area contributed by atoms with E-state index < -0.39 is 10.0 Å². The molecule has 1 atom stereocenters. The second-order valence-electron chi connectivity index (χ2n) is 4.31. The summed E-state index contributed by atoms with van der Waals surface area (Å²) >= 11 is 9.17. The van der Waals surface area contributed by atoms with Crippen LogP contribution in [0.1, 0.15) is 6.42 Å². The van der Waals surface area contributed by atoms with Gasteiger partial charge >= 0.3 is 0 Å². The minimum Gasteiger partial charge on any atom is -0.330 e. The Hall–Kier alpha value is 0.150. The van der Waals surface area contributed by atoms with Gasteiger partial charge < -0.3 is 5.73 Å². The van der Waals surface area contributed by atoms with Crippen molar-refractivity contribution in [3.8, 4) is 0 Å². The average Bonchev–Trinajstić information content (AvgIpc) is 2.81. The molecule has 19 heavy (non-hydrogen) atoms. The van der Waals surface area contributed by atoms with Crippen molar-refractivity contribution in [1.82, 2.24) is 4.31 Å². The molecule has 0 bridgehead atoms. The zero-order valence-electron chi connectivity index (χ0n) is 10.1. The lowest BCUT2D eigenvalue weighted by atomic mass is 10.1. The lowest BCUT2D eigenvalue weighted by molar-refractivity contribution is 0.459. The normalized spacial score (nSPS) is 20.3. The molecule has 1 unspecified atom stereocenters. The van der Waals surface area contributed by atoms with E-state index >= 15 is 0 Å². The minimum atomic E-state index is -3.49. The second kappa shape index (κ2) is 6.74. The third-order valence-electron chi connectivity index (χ3n) is 3.12. The molecule has 0 aliphatic carbocycles. The van der Waals surface area contributed by atoms with Gasteiger partial charge in [0.15, 0.2) is 0 Å². The first-order valence-electron chi connectivity index (χ1n) is 5.61. The Balaban J connectivity index is 0.00000180. The van der Waals surface area contributed by atoms with E-state index in [9.17, 15) is 8.42 Å². The highest BCUT2D eigenvalue weighted by atomic mass is 79.9. The second-order valence-corrected chi connectivity index (χ2v) is 7.41. The molecule has 1 aromatic rings. The van der Waals surface area contributed by atoms with E-state index in [1.807, 2.05) is 0 Å². The van der Waals surface area contributed by atoms with Crippen molar-refractivity contribution in [1.29, 1.82) is 0 Å². The van der Waals surface area contributed by atoms with E-state index in [1.54, 1.807) is 18.2 Å². The van der Waals surface area contributed by atoms with Crippen molar-refractivity contribution in [2.75, 3.05) is 19.6 Å². The van der Waals surface area contributed by atoms with Crippen LogP contribution in [0.5, 0.6) is 0 Å². The molecule has 1 heterocycles. The van der Waals surface area contributed by atoms with Crippen molar-refractivity contribution in [3.63, 3.8) is 0 Å². The third-order valence-corrected chi connectivity index (χ3v) is 6.68. The molecule has 1 aliphatic heterocycles. The number of hydrogen-bond acceptors (Lipinski definition) is 3. The van der Waals surface area contributed by atoms with Crippen LogP contribution in [-0.2, 0) is 10.0 Å². The molecular formula is C11H15BrCl2N2O2S. The molecule has 1 saturated heterocycles. The quantitative estimate of drug-likeness (QED) is 0.863. The van der Waals surface area contributed by atoms with E-state index in [-0.39, 0.29) is 23.2 Å². The van der Waals surface area contributed by atoms with Crippen LogP contribution >= 0.6 is 39.9 Å². The maximum atomic E-state index is 12.5. The zero-order valence-corrected chi connectivity index (χ0v) is 14.0. The molecule has 108 valence electrons. The van der Waals surface area contributed by atoms with Gasteiger partial charge in [-0.25, -0.2) is 8.42 Å². The van der Waals surface area contributed by atoms with Gasteiger partial charge in [-0.2, -0.15) is 4.31 Å². The van der Waals surface area contributed by atoms with Crippen molar-refractivity contribution in [2.45, 2.75) is 11.3 Å². The van der Waals surface area contributed by atoms with Gasteiger partial charge in [0.25, 0.3) is 0 Å². The third kappa shape index (κ3) is 3.43. The smallest absolute Gasteiger partial charge is 0.244 e. The van der Waals surface area contributed by atoms with Gasteiger partial charge in [0, 0.05) is 13.1 Å². The molecular weight excluding hydrogens is 375 g/mol. The SMILES string of the molecule is Cl.NCC1CCN(S(=O)(=O)c2cccc(Cl)c2Br)C1. The lowest BCUT2D eigenvalue weighted by Crippen LogP contribution is -2.30.